The number of carboxylic acids is 1. The first-order valence-corrected chi connectivity index (χ1v) is 8.12. The third-order valence-corrected chi connectivity index (χ3v) is 4.09. The van der Waals surface area contributed by atoms with E-state index in [1.807, 2.05) is 0 Å². The van der Waals surface area contributed by atoms with E-state index < -0.39 is 37.1 Å². The molecule has 12 nitrogen and oxygen atoms in total. The molecule has 0 unspecified atom stereocenters. The van der Waals surface area contributed by atoms with Crippen LogP contribution in [0, 0.1) is 0 Å². The van der Waals surface area contributed by atoms with Crippen LogP contribution in [-0.2, 0) is 4.74 Å². The lowest BCUT2D eigenvalue weighted by Gasteiger charge is -2.16. The standard InChI is InChI=1S/C10H13N5O4.C6H5NO2/c11-8-5-9(13-2-12-8)15(3-14-5)10-7(18)6(17)4(1-16)19-10;8-6(9)5-2-1-3-7-4-5/h2-4,6-7,10,16-18H,1H2,(H2,11,12,13);1-4H,(H,8,9)/t4-,6-,7-,10-;/m1./s1. The Morgan fingerprint density at radius 3 is 2.61 bits per heavy atom. The lowest BCUT2D eigenvalue weighted by molar-refractivity contribution is -0.0511. The van der Waals surface area contributed by atoms with Gasteiger partial charge in [-0.2, -0.15) is 0 Å². The van der Waals surface area contributed by atoms with Gasteiger partial charge in [-0.1, -0.05) is 0 Å². The highest BCUT2D eigenvalue weighted by molar-refractivity contribution is 5.86. The van der Waals surface area contributed by atoms with Gasteiger partial charge in [-0.15, -0.1) is 0 Å². The first-order valence-electron chi connectivity index (χ1n) is 8.12. The van der Waals surface area contributed by atoms with E-state index in [0.29, 0.717) is 11.2 Å². The fourth-order valence-electron chi connectivity index (χ4n) is 2.66. The quantitative estimate of drug-likeness (QED) is 0.361. The molecule has 3 aromatic heterocycles. The van der Waals surface area contributed by atoms with E-state index in [1.165, 1.54) is 35.7 Å². The molecule has 4 atom stereocenters. The number of aromatic nitrogens is 5. The van der Waals surface area contributed by atoms with Gasteiger partial charge in [0.05, 0.1) is 18.5 Å². The largest absolute Gasteiger partial charge is 0.478 e. The minimum Gasteiger partial charge on any atom is -0.478 e. The summed E-state index contributed by atoms with van der Waals surface area (Å²) in [5.41, 5.74) is 6.66. The third kappa shape index (κ3) is 3.75. The molecule has 4 rings (SSSR count). The lowest BCUT2D eigenvalue weighted by atomic mass is 10.1. The minimum absolute atomic E-state index is 0.218. The van der Waals surface area contributed by atoms with Gasteiger partial charge in [0.1, 0.15) is 30.2 Å². The topological polar surface area (TPSA) is 190 Å². The van der Waals surface area contributed by atoms with Gasteiger partial charge < -0.3 is 30.9 Å². The first kappa shape index (κ1) is 19.6. The average molecular weight is 390 g/mol. The van der Waals surface area contributed by atoms with Crippen molar-refractivity contribution in [1.29, 1.82) is 0 Å². The van der Waals surface area contributed by atoms with Crippen molar-refractivity contribution < 1.29 is 30.0 Å². The second-order valence-electron chi connectivity index (χ2n) is 5.86. The van der Waals surface area contributed by atoms with Gasteiger partial charge in [0, 0.05) is 12.4 Å². The van der Waals surface area contributed by atoms with Crippen molar-refractivity contribution in [1.82, 2.24) is 24.5 Å². The monoisotopic (exact) mass is 390 g/mol. The maximum absolute atomic E-state index is 10.2. The van der Waals surface area contributed by atoms with Crippen LogP contribution in [0.1, 0.15) is 16.6 Å². The van der Waals surface area contributed by atoms with Crippen LogP contribution in [0.15, 0.2) is 37.2 Å². The zero-order valence-electron chi connectivity index (χ0n) is 14.4. The number of imidazole rings is 1. The van der Waals surface area contributed by atoms with Crippen molar-refractivity contribution in [2.75, 3.05) is 12.3 Å². The Kier molecular flexibility index (Phi) is 5.75. The van der Waals surface area contributed by atoms with Crippen LogP contribution < -0.4 is 5.73 Å². The van der Waals surface area contributed by atoms with E-state index in [2.05, 4.69) is 19.9 Å². The number of aliphatic hydroxyl groups excluding tert-OH is 3. The number of nitrogens with two attached hydrogens (primary N) is 1. The highest BCUT2D eigenvalue weighted by Crippen LogP contribution is 2.31. The van der Waals surface area contributed by atoms with Crippen LogP contribution in [0.2, 0.25) is 0 Å². The zero-order valence-corrected chi connectivity index (χ0v) is 14.4. The van der Waals surface area contributed by atoms with Crippen molar-refractivity contribution >= 4 is 23.0 Å². The van der Waals surface area contributed by atoms with Crippen molar-refractivity contribution in [3.8, 4) is 0 Å². The highest BCUT2D eigenvalue weighted by Gasteiger charge is 2.43. The molecule has 0 aromatic carbocycles. The minimum atomic E-state index is -1.19. The third-order valence-electron chi connectivity index (χ3n) is 4.09. The summed E-state index contributed by atoms with van der Waals surface area (Å²) in [6.45, 7) is -0.390. The zero-order chi connectivity index (χ0) is 20.3. The number of hydrogen-bond acceptors (Lipinski definition) is 10. The van der Waals surface area contributed by atoms with Gasteiger partial charge in [-0.3, -0.25) is 9.55 Å². The van der Waals surface area contributed by atoms with E-state index in [9.17, 15) is 15.0 Å². The normalized spacial score (nSPS) is 24.0. The van der Waals surface area contributed by atoms with Gasteiger partial charge in [0.15, 0.2) is 17.7 Å². The van der Waals surface area contributed by atoms with Crippen LogP contribution in [-0.4, -0.2) is 75.8 Å². The molecular formula is C16H18N6O6. The number of aliphatic hydroxyl groups is 3. The van der Waals surface area contributed by atoms with Crippen molar-refractivity contribution in [3.63, 3.8) is 0 Å². The maximum atomic E-state index is 10.2. The Morgan fingerprint density at radius 2 is 2.04 bits per heavy atom. The Hall–Kier alpha value is -3.19. The van der Waals surface area contributed by atoms with Gasteiger partial charge in [-0.05, 0) is 12.1 Å². The Balaban J connectivity index is 0.000000211. The predicted molar refractivity (Wildman–Crippen MR) is 93.9 cm³/mol. The number of fused-ring (bicyclic) bond motifs is 1. The number of hydrogen-bond donors (Lipinski definition) is 5. The Labute approximate surface area is 157 Å². The molecule has 6 N–H and O–H groups in total. The van der Waals surface area contributed by atoms with Crippen LogP contribution in [0.25, 0.3) is 11.2 Å². The van der Waals surface area contributed by atoms with E-state index in [0.717, 1.165) is 0 Å². The summed E-state index contributed by atoms with van der Waals surface area (Å²) >= 11 is 0. The van der Waals surface area contributed by atoms with E-state index in [-0.39, 0.29) is 11.4 Å². The second kappa shape index (κ2) is 8.22. The summed E-state index contributed by atoms with van der Waals surface area (Å²) in [4.78, 5) is 25.7. The second-order valence-corrected chi connectivity index (χ2v) is 5.86. The highest BCUT2D eigenvalue weighted by atomic mass is 16.6. The number of nitrogens with zero attached hydrogens (tertiary/aromatic N) is 5. The molecule has 12 heteroatoms. The maximum Gasteiger partial charge on any atom is 0.337 e. The van der Waals surface area contributed by atoms with Crippen molar-refractivity contribution in [2.45, 2.75) is 24.5 Å². The summed E-state index contributed by atoms with van der Waals surface area (Å²) in [6, 6.07) is 3.08. The molecule has 1 fully saturated rings. The number of pyridine rings is 1. The predicted octanol–water partition coefficient (Wildman–Crippen LogP) is -1.20. The molecule has 0 radical (unpaired) electrons. The summed E-state index contributed by atoms with van der Waals surface area (Å²) in [7, 11) is 0. The summed E-state index contributed by atoms with van der Waals surface area (Å²) in [6.07, 6.45) is 1.42. The molecule has 1 saturated heterocycles. The van der Waals surface area contributed by atoms with Crippen LogP contribution in [0.4, 0.5) is 5.82 Å². The molecule has 0 bridgehead atoms. The molecule has 4 heterocycles. The molecule has 0 spiro atoms. The molecule has 3 aromatic rings. The molecule has 0 amide bonds. The molecule has 1 aliphatic rings. The first-order chi connectivity index (χ1) is 13.4. The average Bonchev–Trinajstić information content (AvgIpc) is 3.25. The van der Waals surface area contributed by atoms with E-state index in [4.69, 9.17) is 20.7 Å². The van der Waals surface area contributed by atoms with Crippen LogP contribution in [0.5, 0.6) is 0 Å². The Morgan fingerprint density at radius 1 is 1.25 bits per heavy atom. The number of anilines is 1. The number of aromatic carboxylic acids is 1. The van der Waals surface area contributed by atoms with E-state index >= 15 is 0 Å². The summed E-state index contributed by atoms with van der Waals surface area (Å²) in [5.74, 6) is -0.724. The SMILES string of the molecule is Nc1ncnc2c1ncn2[C@@H]1O[C@H](CO)[C@@H](O)[C@H]1O.O=C(O)c1cccnc1. The van der Waals surface area contributed by atoms with Crippen LogP contribution >= 0.6 is 0 Å². The molecule has 0 aliphatic carbocycles. The van der Waals surface area contributed by atoms with Crippen molar-refractivity contribution in [3.05, 3.63) is 42.7 Å². The van der Waals surface area contributed by atoms with Gasteiger partial charge in [0.2, 0.25) is 0 Å². The molecule has 148 valence electrons. The number of nitrogen functional groups attached to an aromatic ring is 1. The smallest absolute Gasteiger partial charge is 0.337 e. The summed E-state index contributed by atoms with van der Waals surface area (Å²) < 4.78 is 6.85. The molecule has 28 heavy (non-hydrogen) atoms. The lowest BCUT2D eigenvalue weighted by Crippen LogP contribution is -2.33. The Bertz CT molecular complexity index is 951. The summed E-state index contributed by atoms with van der Waals surface area (Å²) in [5, 5.41) is 37.1. The molecular weight excluding hydrogens is 372 g/mol. The van der Waals surface area contributed by atoms with Crippen LogP contribution in [0.3, 0.4) is 0 Å². The number of rotatable bonds is 3. The number of carbonyl (C=O) groups is 1. The fraction of sp³-hybridized carbons (Fsp3) is 0.312. The van der Waals surface area contributed by atoms with Gasteiger partial charge in [0.25, 0.3) is 0 Å². The number of ether oxygens (including phenoxy) is 1. The number of carboxylic acid groups (broad SMARTS) is 1. The molecule has 1 aliphatic heterocycles. The fourth-order valence-corrected chi connectivity index (χ4v) is 2.66. The van der Waals surface area contributed by atoms with Gasteiger partial charge in [-0.25, -0.2) is 19.7 Å². The molecule has 0 saturated carbocycles. The van der Waals surface area contributed by atoms with E-state index in [1.54, 1.807) is 6.07 Å². The van der Waals surface area contributed by atoms with Crippen molar-refractivity contribution in [2.24, 2.45) is 0 Å². The van der Waals surface area contributed by atoms with Gasteiger partial charge >= 0.3 is 5.97 Å².